The second-order valence-corrected chi connectivity index (χ2v) is 7.76. The molecule has 1 N–H and O–H groups in total. The average molecular weight is 399 g/mol. The number of aromatic nitrogens is 3. The number of amides is 1. The Morgan fingerprint density at radius 3 is 2.60 bits per heavy atom. The molecule has 2 aromatic rings. The summed E-state index contributed by atoms with van der Waals surface area (Å²) in [7, 11) is 0. The van der Waals surface area contributed by atoms with Gasteiger partial charge in [0.25, 0.3) is 0 Å². The van der Waals surface area contributed by atoms with E-state index in [1.807, 2.05) is 0 Å². The Morgan fingerprint density at radius 2 is 1.96 bits per heavy atom. The molecule has 8 heteroatoms. The van der Waals surface area contributed by atoms with Gasteiger partial charge in [-0.15, -0.1) is 10.2 Å². The Labute approximate surface area is 161 Å². The van der Waals surface area contributed by atoms with Crippen LogP contribution in [0.1, 0.15) is 44.3 Å². The van der Waals surface area contributed by atoms with Crippen molar-refractivity contribution in [2.75, 3.05) is 11.1 Å². The Balaban J connectivity index is 1.64. The third-order valence-electron chi connectivity index (χ3n) is 4.34. The predicted octanol–water partition coefficient (Wildman–Crippen LogP) is 4.99. The first-order valence-corrected chi connectivity index (χ1v) is 10.1. The van der Waals surface area contributed by atoms with Gasteiger partial charge < -0.3 is 9.88 Å². The van der Waals surface area contributed by atoms with E-state index in [1.165, 1.54) is 37.4 Å². The van der Waals surface area contributed by atoms with E-state index in [2.05, 4.69) is 27.0 Å². The van der Waals surface area contributed by atoms with Crippen LogP contribution in [-0.4, -0.2) is 26.4 Å². The van der Waals surface area contributed by atoms with Gasteiger partial charge in [0.2, 0.25) is 5.91 Å². The van der Waals surface area contributed by atoms with Gasteiger partial charge in [0.05, 0.1) is 21.5 Å². The van der Waals surface area contributed by atoms with Gasteiger partial charge in [-0.3, -0.25) is 4.79 Å². The van der Waals surface area contributed by atoms with E-state index in [9.17, 15) is 4.79 Å². The highest BCUT2D eigenvalue weighted by Crippen LogP contribution is 2.34. The second kappa shape index (κ2) is 8.43. The van der Waals surface area contributed by atoms with Gasteiger partial charge in [-0.1, -0.05) is 53.9 Å². The fourth-order valence-electron chi connectivity index (χ4n) is 3.11. The molecule has 0 atom stereocenters. The van der Waals surface area contributed by atoms with Crippen molar-refractivity contribution in [1.29, 1.82) is 0 Å². The smallest absolute Gasteiger partial charge is 0.234 e. The highest BCUT2D eigenvalue weighted by molar-refractivity contribution is 7.99. The Morgan fingerprint density at radius 1 is 1.28 bits per heavy atom. The van der Waals surface area contributed by atoms with E-state index in [-0.39, 0.29) is 11.7 Å². The lowest BCUT2D eigenvalue weighted by Crippen LogP contribution is -2.15. The zero-order valence-corrected chi connectivity index (χ0v) is 16.3. The van der Waals surface area contributed by atoms with Crippen molar-refractivity contribution in [2.24, 2.45) is 0 Å². The van der Waals surface area contributed by atoms with Crippen molar-refractivity contribution < 1.29 is 4.79 Å². The SMILES string of the molecule is CCn1c(SCC(=O)Nc2c(Cl)cccc2Cl)nnc1C1CCCC1. The third-order valence-corrected chi connectivity index (χ3v) is 5.94. The van der Waals surface area contributed by atoms with Crippen molar-refractivity contribution in [3.8, 4) is 0 Å². The number of carbonyl (C=O) groups excluding carboxylic acids is 1. The van der Waals surface area contributed by atoms with E-state index < -0.39 is 0 Å². The van der Waals surface area contributed by atoms with Crippen molar-refractivity contribution in [3.05, 3.63) is 34.1 Å². The summed E-state index contributed by atoms with van der Waals surface area (Å²) in [6.07, 6.45) is 4.86. The molecule has 1 aliphatic rings. The van der Waals surface area contributed by atoms with Gasteiger partial charge in [-0.2, -0.15) is 0 Å². The highest BCUT2D eigenvalue weighted by atomic mass is 35.5. The lowest BCUT2D eigenvalue weighted by atomic mass is 10.1. The number of para-hydroxylation sites is 1. The van der Waals surface area contributed by atoms with Crippen LogP contribution in [0.2, 0.25) is 10.0 Å². The minimum Gasteiger partial charge on any atom is -0.323 e. The fourth-order valence-corrected chi connectivity index (χ4v) is 4.41. The number of carbonyl (C=O) groups is 1. The van der Waals surface area contributed by atoms with Crippen molar-refractivity contribution in [1.82, 2.24) is 14.8 Å². The van der Waals surface area contributed by atoms with Crippen LogP contribution in [0.4, 0.5) is 5.69 Å². The number of nitrogens with zero attached hydrogens (tertiary/aromatic N) is 3. The molecule has 0 saturated heterocycles. The zero-order chi connectivity index (χ0) is 17.8. The summed E-state index contributed by atoms with van der Waals surface area (Å²) in [6.45, 7) is 2.88. The molecule has 1 aliphatic carbocycles. The molecule has 1 aromatic heterocycles. The molecule has 1 amide bonds. The van der Waals surface area contributed by atoms with Crippen LogP contribution < -0.4 is 5.32 Å². The van der Waals surface area contributed by atoms with Crippen LogP contribution in [0.5, 0.6) is 0 Å². The van der Waals surface area contributed by atoms with E-state index in [4.69, 9.17) is 23.2 Å². The lowest BCUT2D eigenvalue weighted by Gasteiger charge is -2.12. The van der Waals surface area contributed by atoms with Crippen molar-refractivity contribution in [2.45, 2.75) is 50.2 Å². The zero-order valence-electron chi connectivity index (χ0n) is 14.0. The second-order valence-electron chi connectivity index (χ2n) is 6.00. The number of benzene rings is 1. The number of nitrogens with one attached hydrogen (secondary N) is 1. The Bertz CT molecular complexity index is 739. The topological polar surface area (TPSA) is 59.8 Å². The van der Waals surface area contributed by atoms with Gasteiger partial charge in [0, 0.05) is 12.5 Å². The summed E-state index contributed by atoms with van der Waals surface area (Å²) >= 11 is 13.5. The van der Waals surface area contributed by atoms with Crippen molar-refractivity contribution >= 4 is 46.6 Å². The van der Waals surface area contributed by atoms with Crippen LogP contribution in [0.25, 0.3) is 0 Å². The molecule has 3 rings (SSSR count). The van der Waals surface area contributed by atoms with Crippen LogP contribution in [0.3, 0.4) is 0 Å². The number of halogens is 2. The lowest BCUT2D eigenvalue weighted by molar-refractivity contribution is -0.113. The number of hydrogen-bond acceptors (Lipinski definition) is 4. The number of anilines is 1. The molecule has 0 bridgehead atoms. The summed E-state index contributed by atoms with van der Waals surface area (Å²) in [5.74, 6) is 1.60. The summed E-state index contributed by atoms with van der Waals surface area (Å²) in [6, 6.07) is 5.12. The first kappa shape index (κ1) is 18.5. The van der Waals surface area contributed by atoms with Crippen LogP contribution >= 0.6 is 35.0 Å². The standard InChI is InChI=1S/C17H20Cl2N4OS/c1-2-23-16(11-6-3-4-7-11)21-22-17(23)25-10-14(24)20-15-12(18)8-5-9-13(15)19/h5,8-9,11H,2-4,6-7,10H2,1H3,(H,20,24). The largest absolute Gasteiger partial charge is 0.323 e. The number of rotatable bonds is 6. The van der Waals surface area contributed by atoms with Crippen LogP contribution in [-0.2, 0) is 11.3 Å². The predicted molar refractivity (Wildman–Crippen MR) is 103 cm³/mol. The minimum absolute atomic E-state index is 0.173. The molecular weight excluding hydrogens is 379 g/mol. The molecule has 1 saturated carbocycles. The maximum atomic E-state index is 12.2. The molecule has 134 valence electrons. The normalized spacial score (nSPS) is 14.8. The summed E-state index contributed by atoms with van der Waals surface area (Å²) < 4.78 is 2.12. The first-order chi connectivity index (χ1) is 12.1. The van der Waals surface area contributed by atoms with Gasteiger partial charge in [-0.25, -0.2) is 0 Å². The van der Waals surface area contributed by atoms with Gasteiger partial charge in [-0.05, 0) is 31.9 Å². The maximum Gasteiger partial charge on any atom is 0.234 e. The van der Waals surface area contributed by atoms with Crippen molar-refractivity contribution in [3.63, 3.8) is 0 Å². The molecule has 1 heterocycles. The van der Waals surface area contributed by atoms with Gasteiger partial charge in [0.15, 0.2) is 5.16 Å². The monoisotopic (exact) mass is 398 g/mol. The molecule has 1 aromatic carbocycles. The number of hydrogen-bond donors (Lipinski definition) is 1. The molecule has 5 nitrogen and oxygen atoms in total. The van der Waals surface area contributed by atoms with E-state index in [0.29, 0.717) is 21.7 Å². The summed E-state index contributed by atoms with van der Waals surface area (Å²) in [5.41, 5.74) is 0.444. The first-order valence-electron chi connectivity index (χ1n) is 8.40. The molecule has 0 aliphatic heterocycles. The van der Waals surface area contributed by atoms with Crippen LogP contribution in [0.15, 0.2) is 23.4 Å². The van der Waals surface area contributed by atoms with Crippen LogP contribution in [0, 0.1) is 0 Å². The van der Waals surface area contributed by atoms with E-state index in [1.54, 1.807) is 18.2 Å². The quantitative estimate of drug-likeness (QED) is 0.695. The molecule has 1 fully saturated rings. The van der Waals surface area contributed by atoms with Gasteiger partial charge >= 0.3 is 0 Å². The van der Waals surface area contributed by atoms with Gasteiger partial charge in [0.1, 0.15) is 5.82 Å². The molecule has 25 heavy (non-hydrogen) atoms. The number of thioether (sulfide) groups is 1. The molecule has 0 unspecified atom stereocenters. The Hall–Kier alpha value is -1.24. The Kier molecular flexibility index (Phi) is 6.25. The van der Waals surface area contributed by atoms with E-state index in [0.717, 1.165) is 17.5 Å². The molecule has 0 spiro atoms. The highest BCUT2D eigenvalue weighted by Gasteiger charge is 2.24. The maximum absolute atomic E-state index is 12.2. The minimum atomic E-state index is -0.173. The molecule has 0 radical (unpaired) electrons. The molecular formula is C17H20Cl2N4OS. The fraction of sp³-hybridized carbons (Fsp3) is 0.471. The average Bonchev–Trinajstić information content (AvgIpc) is 3.25. The summed E-state index contributed by atoms with van der Waals surface area (Å²) in [4.78, 5) is 12.2. The van der Waals surface area contributed by atoms with E-state index >= 15 is 0 Å². The summed E-state index contributed by atoms with van der Waals surface area (Å²) in [5, 5.41) is 13.1. The third kappa shape index (κ3) is 4.30.